The topological polar surface area (TPSA) is 32.3 Å². The summed E-state index contributed by atoms with van der Waals surface area (Å²) in [6.07, 6.45) is 3.07. The Morgan fingerprint density at radius 3 is 2.86 bits per heavy atom. The minimum atomic E-state index is 0.354. The number of hydrogen-bond donors (Lipinski definition) is 1. The molecule has 2 aliphatic rings. The first kappa shape index (κ1) is 10.3. The molecule has 0 aromatic carbocycles. The molecule has 3 nitrogen and oxygen atoms in total. The molecule has 0 aliphatic carbocycles. The molecular formula is C10H18N2OS. The SMILES string of the molecule is O=C1CCNCCN1C1CCSCC1. The molecule has 2 saturated heterocycles. The minimum Gasteiger partial charge on any atom is -0.338 e. The lowest BCUT2D eigenvalue weighted by molar-refractivity contribution is -0.132. The van der Waals surface area contributed by atoms with Crippen molar-refractivity contribution in [3.8, 4) is 0 Å². The largest absolute Gasteiger partial charge is 0.338 e. The van der Waals surface area contributed by atoms with E-state index in [9.17, 15) is 4.79 Å². The highest BCUT2D eigenvalue weighted by atomic mass is 32.2. The van der Waals surface area contributed by atoms with Crippen LogP contribution in [0.1, 0.15) is 19.3 Å². The molecule has 0 atom stereocenters. The third kappa shape index (κ3) is 2.42. The molecule has 14 heavy (non-hydrogen) atoms. The maximum atomic E-state index is 11.8. The standard InChI is InChI=1S/C10H18N2OS/c13-10-1-4-11-5-6-12(10)9-2-7-14-8-3-9/h9,11H,1-8H2. The molecule has 0 radical (unpaired) electrons. The smallest absolute Gasteiger partial charge is 0.224 e. The van der Waals surface area contributed by atoms with Gasteiger partial charge in [0.1, 0.15) is 0 Å². The Labute approximate surface area is 89.6 Å². The molecule has 1 N–H and O–H groups in total. The fraction of sp³-hybridized carbons (Fsp3) is 0.900. The van der Waals surface area contributed by atoms with Crippen molar-refractivity contribution in [1.82, 2.24) is 10.2 Å². The monoisotopic (exact) mass is 214 g/mol. The average molecular weight is 214 g/mol. The number of thioether (sulfide) groups is 1. The van der Waals surface area contributed by atoms with E-state index in [1.807, 2.05) is 11.8 Å². The summed E-state index contributed by atoms with van der Waals surface area (Å²) in [6.45, 7) is 2.74. The number of nitrogens with one attached hydrogen (secondary N) is 1. The number of carbonyl (C=O) groups excluding carboxylic acids is 1. The summed E-state index contributed by atoms with van der Waals surface area (Å²) < 4.78 is 0. The highest BCUT2D eigenvalue weighted by molar-refractivity contribution is 7.99. The van der Waals surface area contributed by atoms with E-state index < -0.39 is 0 Å². The fourth-order valence-corrected chi connectivity index (χ4v) is 3.25. The van der Waals surface area contributed by atoms with Gasteiger partial charge in [-0.25, -0.2) is 0 Å². The highest BCUT2D eigenvalue weighted by Gasteiger charge is 2.25. The summed E-state index contributed by atoms with van der Waals surface area (Å²) in [7, 11) is 0. The molecule has 2 rings (SSSR count). The quantitative estimate of drug-likeness (QED) is 0.697. The summed E-state index contributed by atoms with van der Waals surface area (Å²) in [5, 5.41) is 3.28. The van der Waals surface area contributed by atoms with Crippen LogP contribution in [0.3, 0.4) is 0 Å². The molecule has 0 aromatic rings. The third-order valence-corrected chi connectivity index (χ3v) is 4.05. The molecule has 4 heteroatoms. The second-order valence-corrected chi connectivity index (χ2v) is 5.16. The Morgan fingerprint density at radius 1 is 1.29 bits per heavy atom. The van der Waals surface area contributed by atoms with E-state index >= 15 is 0 Å². The maximum Gasteiger partial charge on any atom is 0.224 e. The first-order valence-electron chi connectivity index (χ1n) is 5.46. The van der Waals surface area contributed by atoms with Crippen LogP contribution < -0.4 is 5.32 Å². The number of hydrogen-bond acceptors (Lipinski definition) is 3. The van der Waals surface area contributed by atoms with Crippen molar-refractivity contribution in [1.29, 1.82) is 0 Å². The summed E-state index contributed by atoms with van der Waals surface area (Å²) in [6, 6.07) is 0.531. The van der Waals surface area contributed by atoms with Crippen molar-refractivity contribution >= 4 is 17.7 Å². The van der Waals surface area contributed by atoms with Crippen LogP contribution in [-0.2, 0) is 4.79 Å². The van der Waals surface area contributed by atoms with Crippen LogP contribution in [0.5, 0.6) is 0 Å². The molecule has 2 heterocycles. The van der Waals surface area contributed by atoms with E-state index in [2.05, 4.69) is 10.2 Å². The first-order valence-corrected chi connectivity index (χ1v) is 6.61. The van der Waals surface area contributed by atoms with Crippen LogP contribution in [0.4, 0.5) is 0 Å². The van der Waals surface area contributed by atoms with Gasteiger partial charge in [0.05, 0.1) is 0 Å². The van der Waals surface area contributed by atoms with Crippen LogP contribution in [0, 0.1) is 0 Å². The zero-order valence-corrected chi connectivity index (χ0v) is 9.31. The van der Waals surface area contributed by atoms with Crippen molar-refractivity contribution in [2.24, 2.45) is 0 Å². The number of amides is 1. The number of nitrogens with zero attached hydrogens (tertiary/aromatic N) is 1. The Bertz CT molecular complexity index is 204. The van der Waals surface area contributed by atoms with Crippen LogP contribution in [-0.4, -0.2) is 48.0 Å². The molecule has 0 aromatic heterocycles. The second-order valence-electron chi connectivity index (χ2n) is 3.93. The van der Waals surface area contributed by atoms with Crippen LogP contribution in [0.15, 0.2) is 0 Å². The van der Waals surface area contributed by atoms with Gasteiger partial charge in [0.25, 0.3) is 0 Å². The fourth-order valence-electron chi connectivity index (χ4n) is 2.17. The van der Waals surface area contributed by atoms with Gasteiger partial charge < -0.3 is 10.2 Å². The molecule has 80 valence electrons. The van der Waals surface area contributed by atoms with Crippen molar-refractivity contribution in [3.05, 3.63) is 0 Å². The molecule has 0 saturated carbocycles. The molecule has 0 unspecified atom stereocenters. The van der Waals surface area contributed by atoms with Crippen molar-refractivity contribution < 1.29 is 4.79 Å². The van der Waals surface area contributed by atoms with Gasteiger partial charge in [-0.3, -0.25) is 4.79 Å². The average Bonchev–Trinajstić information content (AvgIpc) is 2.44. The molecule has 2 aliphatic heterocycles. The minimum absolute atomic E-state index is 0.354. The van der Waals surface area contributed by atoms with E-state index in [1.165, 1.54) is 24.3 Å². The van der Waals surface area contributed by atoms with E-state index in [4.69, 9.17) is 0 Å². The van der Waals surface area contributed by atoms with E-state index in [1.54, 1.807) is 0 Å². The van der Waals surface area contributed by atoms with Crippen LogP contribution >= 0.6 is 11.8 Å². The van der Waals surface area contributed by atoms with Gasteiger partial charge in [0.15, 0.2) is 0 Å². The third-order valence-electron chi connectivity index (χ3n) is 3.00. The lowest BCUT2D eigenvalue weighted by Crippen LogP contribution is -2.43. The van der Waals surface area contributed by atoms with Gasteiger partial charge in [-0.05, 0) is 24.3 Å². The number of carbonyl (C=O) groups is 1. The first-order chi connectivity index (χ1) is 6.88. The van der Waals surface area contributed by atoms with Crippen molar-refractivity contribution in [2.75, 3.05) is 31.1 Å². The predicted molar refractivity (Wildman–Crippen MR) is 59.5 cm³/mol. The van der Waals surface area contributed by atoms with Crippen molar-refractivity contribution in [3.63, 3.8) is 0 Å². The van der Waals surface area contributed by atoms with Gasteiger partial charge in [-0.1, -0.05) is 0 Å². The zero-order valence-electron chi connectivity index (χ0n) is 8.50. The second kappa shape index (κ2) is 5.03. The maximum absolute atomic E-state index is 11.8. The zero-order chi connectivity index (χ0) is 9.80. The molecule has 2 fully saturated rings. The van der Waals surface area contributed by atoms with Gasteiger partial charge in [0, 0.05) is 32.1 Å². The molecule has 0 bridgehead atoms. The van der Waals surface area contributed by atoms with E-state index in [-0.39, 0.29) is 0 Å². The lowest BCUT2D eigenvalue weighted by Gasteiger charge is -2.33. The summed E-state index contributed by atoms with van der Waals surface area (Å²) in [5.74, 6) is 2.80. The predicted octanol–water partition coefficient (Wildman–Crippen LogP) is 0.704. The Hall–Kier alpha value is -0.220. The van der Waals surface area contributed by atoms with Gasteiger partial charge in [-0.2, -0.15) is 11.8 Å². The van der Waals surface area contributed by atoms with Gasteiger partial charge >= 0.3 is 0 Å². The lowest BCUT2D eigenvalue weighted by atomic mass is 10.1. The summed E-state index contributed by atoms with van der Waals surface area (Å²) in [5.41, 5.74) is 0. The Balaban J connectivity index is 1.95. The molecule has 1 amide bonds. The summed E-state index contributed by atoms with van der Waals surface area (Å²) in [4.78, 5) is 13.9. The Morgan fingerprint density at radius 2 is 2.07 bits per heavy atom. The Kier molecular flexibility index (Phi) is 3.70. The normalized spacial score (nSPS) is 26.3. The van der Waals surface area contributed by atoms with Gasteiger partial charge in [-0.15, -0.1) is 0 Å². The highest BCUT2D eigenvalue weighted by Crippen LogP contribution is 2.22. The summed E-state index contributed by atoms with van der Waals surface area (Å²) >= 11 is 2.02. The molecular weight excluding hydrogens is 196 g/mol. The van der Waals surface area contributed by atoms with Crippen LogP contribution in [0.25, 0.3) is 0 Å². The van der Waals surface area contributed by atoms with Crippen LogP contribution in [0.2, 0.25) is 0 Å². The molecule has 0 spiro atoms. The number of rotatable bonds is 1. The van der Waals surface area contributed by atoms with E-state index in [0.29, 0.717) is 18.4 Å². The van der Waals surface area contributed by atoms with Crippen molar-refractivity contribution in [2.45, 2.75) is 25.3 Å². The van der Waals surface area contributed by atoms with E-state index in [0.717, 1.165) is 19.6 Å². The van der Waals surface area contributed by atoms with Gasteiger partial charge in [0.2, 0.25) is 5.91 Å².